The minimum Gasteiger partial charge on any atom is -0.507 e. The molecule has 1 unspecified atom stereocenters. The summed E-state index contributed by atoms with van der Waals surface area (Å²) >= 11 is 0. The van der Waals surface area contributed by atoms with Gasteiger partial charge in [-0.3, -0.25) is 14.5 Å². The molecule has 5 rings (SSSR count). The number of hydrogen-bond donors (Lipinski definition) is 1. The quantitative estimate of drug-likeness (QED) is 0.299. The Morgan fingerprint density at radius 2 is 1.64 bits per heavy atom. The Labute approximate surface area is 209 Å². The largest absolute Gasteiger partial charge is 0.507 e. The lowest BCUT2D eigenvalue weighted by atomic mass is 9.94. The van der Waals surface area contributed by atoms with E-state index in [4.69, 9.17) is 14.2 Å². The fourth-order valence-electron chi connectivity index (χ4n) is 4.56. The fourth-order valence-corrected chi connectivity index (χ4v) is 4.56. The third kappa shape index (κ3) is 4.17. The maximum absolute atomic E-state index is 13.4. The summed E-state index contributed by atoms with van der Waals surface area (Å²) in [6.45, 7) is 5.30. The number of aliphatic hydroxyl groups excluding tert-OH is 1. The van der Waals surface area contributed by atoms with Crippen molar-refractivity contribution >= 4 is 23.1 Å². The zero-order chi connectivity index (χ0) is 25.2. The topological polar surface area (TPSA) is 85.3 Å². The summed E-state index contributed by atoms with van der Waals surface area (Å²) in [4.78, 5) is 28.2. The summed E-state index contributed by atoms with van der Waals surface area (Å²) in [5.74, 6) is 0.0372. The molecule has 3 aromatic rings. The van der Waals surface area contributed by atoms with Crippen LogP contribution in [0.2, 0.25) is 0 Å². The van der Waals surface area contributed by atoms with Gasteiger partial charge in [0.25, 0.3) is 11.7 Å². The molecule has 1 atom stereocenters. The van der Waals surface area contributed by atoms with Crippen LogP contribution >= 0.6 is 0 Å². The Hall–Kier alpha value is -4.26. The fraction of sp³-hybridized carbons (Fsp3) is 0.241. The Balaban J connectivity index is 1.64. The van der Waals surface area contributed by atoms with E-state index in [0.717, 1.165) is 12.0 Å². The van der Waals surface area contributed by atoms with E-state index in [-0.39, 0.29) is 11.3 Å². The van der Waals surface area contributed by atoms with E-state index < -0.39 is 17.7 Å². The standard InChI is InChI=1S/C29H27NO6/c1-3-18-5-7-19(8-6-18)26-25(27(31)20-9-12-22(13-10-20)34-4-2)28(32)29(33)30(26)21-11-14-23-24(17-21)36-16-15-35-23/h5-14,17,26,31H,3-4,15-16H2,1-2H3/b27-25+. The van der Waals surface area contributed by atoms with E-state index in [2.05, 4.69) is 6.92 Å². The molecule has 3 aromatic carbocycles. The number of benzene rings is 3. The van der Waals surface area contributed by atoms with E-state index >= 15 is 0 Å². The minimum absolute atomic E-state index is 0.0308. The van der Waals surface area contributed by atoms with Gasteiger partial charge >= 0.3 is 0 Å². The molecule has 7 nitrogen and oxygen atoms in total. The monoisotopic (exact) mass is 485 g/mol. The smallest absolute Gasteiger partial charge is 0.300 e. The van der Waals surface area contributed by atoms with Crippen LogP contribution in [0.1, 0.15) is 36.6 Å². The molecular weight excluding hydrogens is 458 g/mol. The van der Waals surface area contributed by atoms with E-state index in [1.807, 2.05) is 31.2 Å². The summed E-state index contributed by atoms with van der Waals surface area (Å²) in [5.41, 5.74) is 2.78. The molecule has 0 saturated carbocycles. The first-order valence-corrected chi connectivity index (χ1v) is 12.0. The van der Waals surface area contributed by atoms with Gasteiger partial charge in [0.05, 0.1) is 18.2 Å². The van der Waals surface area contributed by atoms with Gasteiger partial charge in [0.2, 0.25) is 0 Å². The molecule has 184 valence electrons. The molecule has 0 bridgehead atoms. The van der Waals surface area contributed by atoms with Crippen molar-refractivity contribution in [2.24, 2.45) is 0 Å². The Kier molecular flexibility index (Phi) is 6.38. The molecule has 0 spiro atoms. The number of carbonyl (C=O) groups excluding carboxylic acids is 2. The molecule has 0 aliphatic carbocycles. The number of hydrogen-bond acceptors (Lipinski definition) is 6. The predicted octanol–water partition coefficient (Wildman–Crippen LogP) is 5.05. The van der Waals surface area contributed by atoms with E-state index in [1.54, 1.807) is 42.5 Å². The molecule has 1 N–H and O–H groups in total. The SMILES string of the molecule is CCOc1ccc(/C(O)=C2\C(=O)C(=O)N(c3ccc4c(c3)OCCO4)C2c2ccc(CC)cc2)cc1. The highest BCUT2D eigenvalue weighted by atomic mass is 16.6. The van der Waals surface area contributed by atoms with Crippen molar-refractivity contribution in [3.05, 3.63) is 89.0 Å². The van der Waals surface area contributed by atoms with Crippen molar-refractivity contribution < 1.29 is 28.9 Å². The second kappa shape index (κ2) is 9.77. The van der Waals surface area contributed by atoms with Crippen LogP contribution in [0.25, 0.3) is 5.76 Å². The Morgan fingerprint density at radius 3 is 2.31 bits per heavy atom. The second-order valence-corrected chi connectivity index (χ2v) is 8.55. The highest BCUT2D eigenvalue weighted by Gasteiger charge is 2.47. The number of aryl methyl sites for hydroxylation is 1. The van der Waals surface area contributed by atoms with Gasteiger partial charge in [-0.1, -0.05) is 31.2 Å². The van der Waals surface area contributed by atoms with Gasteiger partial charge in [-0.15, -0.1) is 0 Å². The molecule has 0 aromatic heterocycles. The number of carbonyl (C=O) groups is 2. The summed E-state index contributed by atoms with van der Waals surface area (Å²) in [7, 11) is 0. The van der Waals surface area contributed by atoms with E-state index in [0.29, 0.717) is 53.9 Å². The molecule has 36 heavy (non-hydrogen) atoms. The summed E-state index contributed by atoms with van der Waals surface area (Å²) in [5, 5.41) is 11.3. The van der Waals surface area contributed by atoms with Gasteiger partial charge in [0.1, 0.15) is 24.7 Å². The number of nitrogens with zero attached hydrogens (tertiary/aromatic N) is 1. The van der Waals surface area contributed by atoms with Crippen LogP contribution < -0.4 is 19.1 Å². The number of fused-ring (bicyclic) bond motifs is 1. The highest BCUT2D eigenvalue weighted by Crippen LogP contribution is 2.44. The highest BCUT2D eigenvalue weighted by molar-refractivity contribution is 6.51. The van der Waals surface area contributed by atoms with Crippen LogP contribution in [0, 0.1) is 0 Å². The van der Waals surface area contributed by atoms with Gasteiger partial charge in [0.15, 0.2) is 11.5 Å². The van der Waals surface area contributed by atoms with Crippen molar-refractivity contribution in [2.75, 3.05) is 24.7 Å². The first kappa shape index (κ1) is 23.5. The minimum atomic E-state index is -0.815. The van der Waals surface area contributed by atoms with Gasteiger partial charge in [0, 0.05) is 17.3 Å². The van der Waals surface area contributed by atoms with Crippen molar-refractivity contribution in [3.8, 4) is 17.2 Å². The van der Waals surface area contributed by atoms with Crippen LogP contribution in [0.5, 0.6) is 17.2 Å². The number of ketones is 1. The zero-order valence-electron chi connectivity index (χ0n) is 20.2. The zero-order valence-corrected chi connectivity index (χ0v) is 20.2. The second-order valence-electron chi connectivity index (χ2n) is 8.55. The number of amides is 1. The predicted molar refractivity (Wildman–Crippen MR) is 136 cm³/mol. The van der Waals surface area contributed by atoms with Gasteiger partial charge < -0.3 is 19.3 Å². The number of rotatable bonds is 6. The van der Waals surface area contributed by atoms with Gasteiger partial charge in [-0.25, -0.2) is 0 Å². The molecule has 7 heteroatoms. The van der Waals surface area contributed by atoms with Crippen LogP contribution in [-0.2, 0) is 16.0 Å². The lowest BCUT2D eigenvalue weighted by Crippen LogP contribution is -2.29. The Morgan fingerprint density at radius 1 is 0.944 bits per heavy atom. The number of ether oxygens (including phenoxy) is 3. The van der Waals surface area contributed by atoms with Crippen molar-refractivity contribution in [1.82, 2.24) is 0 Å². The van der Waals surface area contributed by atoms with Gasteiger partial charge in [-0.2, -0.15) is 0 Å². The lowest BCUT2D eigenvalue weighted by molar-refractivity contribution is -0.132. The maximum atomic E-state index is 13.4. The molecule has 1 amide bonds. The summed E-state index contributed by atoms with van der Waals surface area (Å²) in [6.07, 6.45) is 0.856. The maximum Gasteiger partial charge on any atom is 0.300 e. The third-order valence-electron chi connectivity index (χ3n) is 6.39. The summed E-state index contributed by atoms with van der Waals surface area (Å²) in [6, 6.07) is 18.9. The average Bonchev–Trinajstić information content (AvgIpc) is 3.18. The number of anilines is 1. The molecule has 2 heterocycles. The van der Waals surface area contributed by atoms with Crippen molar-refractivity contribution in [1.29, 1.82) is 0 Å². The average molecular weight is 486 g/mol. The first-order valence-electron chi connectivity index (χ1n) is 12.0. The molecule has 2 aliphatic heterocycles. The first-order chi connectivity index (χ1) is 17.5. The van der Waals surface area contributed by atoms with Crippen LogP contribution in [0.4, 0.5) is 5.69 Å². The normalized spacial score (nSPS) is 18.4. The van der Waals surface area contributed by atoms with Crippen molar-refractivity contribution in [2.45, 2.75) is 26.3 Å². The molecule has 2 aliphatic rings. The van der Waals surface area contributed by atoms with Crippen LogP contribution in [0.15, 0.2) is 72.3 Å². The Bertz CT molecular complexity index is 1330. The van der Waals surface area contributed by atoms with Crippen molar-refractivity contribution in [3.63, 3.8) is 0 Å². The van der Waals surface area contributed by atoms with Gasteiger partial charge in [-0.05, 0) is 60.9 Å². The number of aliphatic hydroxyl groups is 1. The van der Waals surface area contributed by atoms with Crippen LogP contribution in [0.3, 0.4) is 0 Å². The number of Topliss-reactive ketones (excluding diaryl/α,β-unsaturated/α-hetero) is 1. The lowest BCUT2D eigenvalue weighted by Gasteiger charge is -2.27. The van der Waals surface area contributed by atoms with E-state index in [1.165, 1.54) is 4.90 Å². The molecule has 1 fully saturated rings. The third-order valence-corrected chi connectivity index (χ3v) is 6.39. The van der Waals surface area contributed by atoms with E-state index in [9.17, 15) is 14.7 Å². The summed E-state index contributed by atoms with van der Waals surface area (Å²) < 4.78 is 16.8. The molecule has 1 saturated heterocycles. The molecule has 0 radical (unpaired) electrons. The van der Waals surface area contributed by atoms with Crippen LogP contribution in [-0.4, -0.2) is 36.6 Å². The molecular formula is C29H27NO6.